The largest absolute Gasteiger partial charge is 0.302 e. The van der Waals surface area contributed by atoms with Gasteiger partial charge in [-0.3, -0.25) is 4.03 Å². The third-order valence-corrected chi connectivity index (χ3v) is 12.4. The van der Waals surface area contributed by atoms with Gasteiger partial charge in [-0.25, -0.2) is 9.35 Å². The van der Waals surface area contributed by atoms with Gasteiger partial charge in [0.15, 0.2) is 8.24 Å². The Balaban J connectivity index is 2.45. The number of likely N-dealkylation sites (N-methyl/N-ethyl adjacent to an activating group) is 1. The fraction of sp³-hybridized carbons (Fsp3) is 0.625. The highest BCUT2D eigenvalue weighted by Gasteiger charge is 2.37. The van der Waals surface area contributed by atoms with E-state index in [1.54, 1.807) is 0 Å². The molecule has 1 unspecified atom stereocenters. The normalized spacial score (nSPS) is 19.4. The smallest absolute Gasteiger partial charge is 0.195 e. The molecule has 124 valence electrons. The van der Waals surface area contributed by atoms with Crippen LogP contribution >= 0.6 is 0 Å². The fourth-order valence-corrected chi connectivity index (χ4v) is 7.18. The van der Waals surface area contributed by atoms with Crippen molar-refractivity contribution in [1.29, 1.82) is 0 Å². The van der Waals surface area contributed by atoms with Gasteiger partial charge >= 0.3 is 0 Å². The fourth-order valence-electron chi connectivity index (χ4n) is 2.38. The summed E-state index contributed by atoms with van der Waals surface area (Å²) >= 11 is 0. The maximum Gasteiger partial charge on any atom is 0.195 e. The minimum absolute atomic E-state index is 0.0337. The highest BCUT2D eigenvalue weighted by molar-refractivity contribution is 7.92. The monoisotopic (exact) mass is 339 g/mol. The first kappa shape index (κ1) is 17.7. The van der Waals surface area contributed by atoms with Crippen LogP contribution < -0.4 is 5.14 Å². The van der Waals surface area contributed by atoms with Crippen LogP contribution in [0, 0.1) is 0 Å². The van der Waals surface area contributed by atoms with Crippen molar-refractivity contribution in [3.8, 4) is 0 Å². The van der Waals surface area contributed by atoms with E-state index in [1.807, 2.05) is 12.1 Å². The Morgan fingerprint density at radius 2 is 1.91 bits per heavy atom. The molecule has 0 spiro atoms. The lowest BCUT2D eigenvalue weighted by Gasteiger charge is -2.33. The number of fused-ring (bicyclic) bond motifs is 1. The lowest BCUT2D eigenvalue weighted by Crippen LogP contribution is -2.37. The maximum absolute atomic E-state index is 13.0. The van der Waals surface area contributed by atoms with Crippen LogP contribution in [0.5, 0.6) is 0 Å². The van der Waals surface area contributed by atoms with Crippen molar-refractivity contribution < 1.29 is 4.21 Å². The van der Waals surface area contributed by atoms with E-state index in [1.165, 1.54) is 11.1 Å². The lowest BCUT2D eigenvalue weighted by molar-refractivity contribution is 0.312. The van der Waals surface area contributed by atoms with Crippen molar-refractivity contribution in [2.75, 3.05) is 13.6 Å². The summed E-state index contributed by atoms with van der Waals surface area (Å²) in [6.45, 7) is 12.7. The van der Waals surface area contributed by atoms with Crippen molar-refractivity contribution in [2.45, 2.75) is 56.8 Å². The van der Waals surface area contributed by atoms with Crippen molar-refractivity contribution in [3.63, 3.8) is 0 Å². The van der Waals surface area contributed by atoms with Gasteiger partial charge < -0.3 is 4.90 Å². The Labute approximate surface area is 136 Å². The maximum atomic E-state index is 13.0. The summed E-state index contributed by atoms with van der Waals surface area (Å²) in [4.78, 5) is 2.97. The van der Waals surface area contributed by atoms with Gasteiger partial charge in [0, 0.05) is 13.1 Å². The molecule has 1 aliphatic heterocycles. The average molecular weight is 340 g/mol. The number of hydrogen-bond acceptors (Lipinski definition) is 3. The van der Waals surface area contributed by atoms with Crippen LogP contribution in [-0.4, -0.2) is 30.9 Å². The van der Waals surface area contributed by atoms with Crippen molar-refractivity contribution in [2.24, 2.45) is 9.17 Å². The molecule has 0 aliphatic carbocycles. The highest BCUT2D eigenvalue weighted by Crippen LogP contribution is 2.38. The molecule has 0 aromatic heterocycles. The third-order valence-electron chi connectivity index (χ3n) is 4.92. The first-order valence-electron chi connectivity index (χ1n) is 7.79. The molecule has 2 N–H and O–H groups in total. The van der Waals surface area contributed by atoms with Crippen LogP contribution in [0.2, 0.25) is 18.1 Å². The van der Waals surface area contributed by atoms with E-state index in [0.29, 0.717) is 4.90 Å². The molecular formula is C16H29N3OSSi. The van der Waals surface area contributed by atoms with Gasteiger partial charge in [0.2, 0.25) is 0 Å². The zero-order valence-corrected chi connectivity index (χ0v) is 16.5. The van der Waals surface area contributed by atoms with Crippen molar-refractivity contribution in [3.05, 3.63) is 29.3 Å². The Morgan fingerprint density at radius 3 is 2.50 bits per heavy atom. The number of rotatable bonds is 2. The highest BCUT2D eigenvalue weighted by atomic mass is 32.2. The molecule has 1 atom stereocenters. The SMILES string of the molecule is CN1CCc2cc(S(N)(=O)=N[Si](C)(C)C(C)(C)C)ccc2C1. The Hall–Kier alpha value is -0.693. The molecule has 0 radical (unpaired) electrons. The Bertz CT molecular complexity index is 685. The van der Waals surface area contributed by atoms with E-state index in [9.17, 15) is 4.21 Å². The standard InChI is InChI=1S/C16H29N3OSSi/c1-16(2,3)22(5,6)18-21(17,20)15-8-7-14-12-19(4)10-9-13(14)11-15/h7-8,11H,9-10,12H2,1-6H3,(H2,17,18,20). The molecule has 0 amide bonds. The molecule has 6 heteroatoms. The average Bonchev–Trinajstić information content (AvgIpc) is 2.35. The number of nitrogens with zero attached hydrogens (tertiary/aromatic N) is 2. The number of nitrogens with two attached hydrogens (primary N) is 1. The van der Waals surface area contributed by atoms with Crippen LogP contribution in [0.25, 0.3) is 0 Å². The minimum Gasteiger partial charge on any atom is -0.302 e. The summed E-state index contributed by atoms with van der Waals surface area (Å²) in [5.74, 6) is 0. The van der Waals surface area contributed by atoms with Crippen LogP contribution in [0.15, 0.2) is 27.1 Å². The summed E-state index contributed by atoms with van der Waals surface area (Å²) in [6, 6.07) is 5.98. The predicted octanol–water partition coefficient (Wildman–Crippen LogP) is 3.38. The van der Waals surface area contributed by atoms with Gasteiger partial charge in [-0.15, -0.1) is 0 Å². The molecular weight excluding hydrogens is 310 g/mol. The molecule has 0 saturated carbocycles. The molecule has 0 bridgehead atoms. The van der Waals surface area contributed by atoms with Crippen LogP contribution in [0.3, 0.4) is 0 Å². The number of benzene rings is 1. The van der Waals surface area contributed by atoms with E-state index < -0.39 is 18.2 Å². The summed E-state index contributed by atoms with van der Waals surface area (Å²) in [5.41, 5.74) is 2.57. The Morgan fingerprint density at radius 1 is 1.27 bits per heavy atom. The summed E-state index contributed by atoms with van der Waals surface area (Å²) < 4.78 is 17.7. The van der Waals surface area contributed by atoms with Gasteiger partial charge in [-0.2, -0.15) is 0 Å². The van der Waals surface area contributed by atoms with E-state index in [2.05, 4.69) is 55.9 Å². The minimum atomic E-state index is -2.82. The van der Waals surface area contributed by atoms with Gasteiger partial charge in [0.05, 0.1) is 4.90 Å². The van der Waals surface area contributed by atoms with E-state index in [0.717, 1.165) is 19.5 Å². The summed E-state index contributed by atoms with van der Waals surface area (Å²) in [5, 5.41) is 6.20. The second-order valence-electron chi connectivity index (χ2n) is 7.89. The van der Waals surface area contributed by atoms with Crippen LogP contribution in [-0.2, 0) is 22.9 Å². The quantitative estimate of drug-likeness (QED) is 0.840. The second kappa shape index (κ2) is 5.74. The molecule has 0 saturated heterocycles. The topological polar surface area (TPSA) is 58.7 Å². The first-order chi connectivity index (χ1) is 9.92. The molecule has 1 aromatic carbocycles. The van der Waals surface area contributed by atoms with Gasteiger partial charge in [0.1, 0.15) is 9.92 Å². The molecule has 1 aromatic rings. The predicted molar refractivity (Wildman–Crippen MR) is 96.7 cm³/mol. The van der Waals surface area contributed by atoms with E-state index in [4.69, 9.17) is 5.14 Å². The molecule has 4 nitrogen and oxygen atoms in total. The van der Waals surface area contributed by atoms with Crippen molar-refractivity contribution in [1.82, 2.24) is 4.90 Å². The zero-order chi connectivity index (χ0) is 16.8. The van der Waals surface area contributed by atoms with Crippen molar-refractivity contribution >= 4 is 18.2 Å². The summed E-state index contributed by atoms with van der Waals surface area (Å²) in [6.07, 6.45) is 0.981. The zero-order valence-electron chi connectivity index (χ0n) is 14.6. The van der Waals surface area contributed by atoms with Gasteiger partial charge in [0.25, 0.3) is 0 Å². The van der Waals surface area contributed by atoms with E-state index in [-0.39, 0.29) is 5.04 Å². The van der Waals surface area contributed by atoms with E-state index >= 15 is 0 Å². The number of hydrogen-bond donors (Lipinski definition) is 1. The molecule has 0 fully saturated rings. The summed E-state index contributed by atoms with van der Waals surface area (Å²) in [7, 11) is -2.76. The van der Waals surface area contributed by atoms with Crippen LogP contribution in [0.4, 0.5) is 0 Å². The third kappa shape index (κ3) is 3.62. The van der Waals surface area contributed by atoms with Crippen LogP contribution in [0.1, 0.15) is 31.9 Å². The molecule has 1 heterocycles. The molecule has 1 aliphatic rings. The molecule has 22 heavy (non-hydrogen) atoms. The second-order valence-corrected chi connectivity index (χ2v) is 14.8. The van der Waals surface area contributed by atoms with Gasteiger partial charge in [-0.05, 0) is 54.9 Å². The van der Waals surface area contributed by atoms with Gasteiger partial charge in [-0.1, -0.05) is 26.8 Å². The first-order valence-corrected chi connectivity index (χ1v) is 12.3. The Kier molecular flexibility index (Phi) is 4.61. The lowest BCUT2D eigenvalue weighted by atomic mass is 10.0. The molecule has 2 rings (SSSR count).